The SMILES string of the molecule is CC(C)N(C)CCCCN1CC(=O)NC(C)(C2CC2)C1=O. The van der Waals surface area contributed by atoms with E-state index in [9.17, 15) is 9.59 Å². The first-order valence-electron chi connectivity index (χ1n) is 8.15. The van der Waals surface area contributed by atoms with Crippen LogP contribution in [0, 0.1) is 5.92 Å². The van der Waals surface area contributed by atoms with Crippen LogP contribution in [0.2, 0.25) is 0 Å². The van der Waals surface area contributed by atoms with Crippen molar-refractivity contribution in [1.29, 1.82) is 0 Å². The second kappa shape index (κ2) is 6.34. The molecule has 0 aromatic rings. The van der Waals surface area contributed by atoms with E-state index in [1.807, 2.05) is 6.92 Å². The Hall–Kier alpha value is -1.10. The van der Waals surface area contributed by atoms with E-state index in [-0.39, 0.29) is 18.4 Å². The predicted octanol–water partition coefficient (Wildman–Crippen LogP) is 1.23. The maximum atomic E-state index is 12.6. The van der Waals surface area contributed by atoms with Crippen molar-refractivity contribution < 1.29 is 9.59 Å². The van der Waals surface area contributed by atoms with Gasteiger partial charge in [0.1, 0.15) is 5.54 Å². The molecule has 0 aromatic carbocycles. The number of carbonyl (C=O) groups is 2. The van der Waals surface area contributed by atoms with Crippen LogP contribution in [0.5, 0.6) is 0 Å². The zero-order valence-electron chi connectivity index (χ0n) is 13.8. The minimum atomic E-state index is -0.649. The molecule has 2 rings (SSSR count). The zero-order valence-corrected chi connectivity index (χ0v) is 13.8. The molecule has 0 aromatic heterocycles. The fraction of sp³-hybridized carbons (Fsp3) is 0.875. The van der Waals surface area contributed by atoms with Gasteiger partial charge in [-0.3, -0.25) is 9.59 Å². The number of hydrogen-bond donors (Lipinski definition) is 1. The van der Waals surface area contributed by atoms with Crippen molar-refractivity contribution in [3.8, 4) is 0 Å². The molecule has 2 fully saturated rings. The first-order chi connectivity index (χ1) is 9.84. The van der Waals surface area contributed by atoms with Crippen molar-refractivity contribution in [3.05, 3.63) is 0 Å². The van der Waals surface area contributed by atoms with Crippen LogP contribution in [-0.4, -0.2) is 59.9 Å². The summed E-state index contributed by atoms with van der Waals surface area (Å²) in [4.78, 5) is 28.6. The van der Waals surface area contributed by atoms with Gasteiger partial charge in [-0.05, 0) is 66.0 Å². The quantitative estimate of drug-likeness (QED) is 0.719. The van der Waals surface area contributed by atoms with E-state index < -0.39 is 5.54 Å². The highest BCUT2D eigenvalue weighted by molar-refractivity contribution is 5.98. The van der Waals surface area contributed by atoms with Crippen LogP contribution < -0.4 is 5.32 Å². The van der Waals surface area contributed by atoms with E-state index in [1.165, 1.54) is 0 Å². The van der Waals surface area contributed by atoms with Gasteiger partial charge in [0.05, 0.1) is 6.54 Å². The smallest absolute Gasteiger partial charge is 0.248 e. The van der Waals surface area contributed by atoms with E-state index in [2.05, 4.69) is 31.1 Å². The molecule has 1 aliphatic heterocycles. The molecule has 1 N–H and O–H groups in total. The van der Waals surface area contributed by atoms with Crippen LogP contribution in [-0.2, 0) is 9.59 Å². The van der Waals surface area contributed by atoms with Gasteiger partial charge in [0, 0.05) is 12.6 Å². The topological polar surface area (TPSA) is 52.6 Å². The van der Waals surface area contributed by atoms with Crippen LogP contribution >= 0.6 is 0 Å². The van der Waals surface area contributed by atoms with Gasteiger partial charge in [0.25, 0.3) is 0 Å². The predicted molar refractivity (Wildman–Crippen MR) is 82.9 cm³/mol. The minimum Gasteiger partial charge on any atom is -0.340 e. The number of piperazine rings is 1. The standard InChI is InChI=1S/C16H29N3O2/c1-12(2)18(4)9-5-6-10-19-11-14(20)17-16(3,15(19)21)13-7-8-13/h12-13H,5-11H2,1-4H3,(H,17,20). The van der Waals surface area contributed by atoms with Gasteiger partial charge in [-0.1, -0.05) is 0 Å². The molecule has 120 valence electrons. The summed E-state index contributed by atoms with van der Waals surface area (Å²) in [5.41, 5.74) is -0.649. The molecular formula is C16H29N3O2. The molecule has 1 saturated heterocycles. The van der Waals surface area contributed by atoms with Gasteiger partial charge in [0.15, 0.2) is 0 Å². The van der Waals surface area contributed by atoms with E-state index in [0.717, 1.165) is 32.2 Å². The average molecular weight is 295 g/mol. The van der Waals surface area contributed by atoms with Gasteiger partial charge in [-0.2, -0.15) is 0 Å². The first-order valence-corrected chi connectivity index (χ1v) is 8.15. The number of nitrogens with one attached hydrogen (secondary N) is 1. The fourth-order valence-electron chi connectivity index (χ4n) is 3.00. The Kier molecular flexibility index (Phi) is 4.91. The summed E-state index contributed by atoms with van der Waals surface area (Å²) in [6, 6.07) is 0.547. The van der Waals surface area contributed by atoms with E-state index in [4.69, 9.17) is 0 Å². The van der Waals surface area contributed by atoms with Crippen molar-refractivity contribution in [3.63, 3.8) is 0 Å². The Morgan fingerprint density at radius 1 is 1.33 bits per heavy atom. The maximum absolute atomic E-state index is 12.6. The summed E-state index contributed by atoms with van der Waals surface area (Å²) in [5.74, 6) is 0.439. The largest absolute Gasteiger partial charge is 0.340 e. The zero-order chi connectivity index (χ0) is 15.6. The second-order valence-corrected chi connectivity index (χ2v) is 7.03. The summed E-state index contributed by atoms with van der Waals surface area (Å²) >= 11 is 0. The van der Waals surface area contributed by atoms with Crippen molar-refractivity contribution in [1.82, 2.24) is 15.1 Å². The molecule has 0 bridgehead atoms. The molecule has 1 saturated carbocycles. The molecule has 0 spiro atoms. The third kappa shape index (κ3) is 3.76. The van der Waals surface area contributed by atoms with Gasteiger partial charge < -0.3 is 15.1 Å². The lowest BCUT2D eigenvalue weighted by Crippen LogP contribution is -2.66. The van der Waals surface area contributed by atoms with Crippen LogP contribution in [0.1, 0.15) is 46.5 Å². The Morgan fingerprint density at radius 3 is 2.57 bits per heavy atom. The molecule has 1 aliphatic carbocycles. The van der Waals surface area contributed by atoms with E-state index >= 15 is 0 Å². The molecule has 5 nitrogen and oxygen atoms in total. The summed E-state index contributed by atoms with van der Waals surface area (Å²) in [7, 11) is 2.12. The summed E-state index contributed by atoms with van der Waals surface area (Å²) in [5, 5.41) is 2.92. The van der Waals surface area contributed by atoms with Gasteiger partial charge in [0.2, 0.25) is 11.8 Å². The highest BCUT2D eigenvalue weighted by Crippen LogP contribution is 2.41. The number of unbranched alkanes of at least 4 members (excludes halogenated alkanes) is 1. The number of carbonyl (C=O) groups excluding carboxylic acids is 2. The third-order valence-electron chi connectivity index (χ3n) is 4.93. The summed E-state index contributed by atoms with van der Waals surface area (Å²) in [6.45, 7) is 8.20. The fourth-order valence-corrected chi connectivity index (χ4v) is 3.00. The molecule has 2 aliphatic rings. The molecule has 21 heavy (non-hydrogen) atoms. The lowest BCUT2D eigenvalue weighted by Gasteiger charge is -2.40. The molecule has 1 heterocycles. The lowest BCUT2D eigenvalue weighted by atomic mass is 9.91. The van der Waals surface area contributed by atoms with Crippen molar-refractivity contribution >= 4 is 11.8 Å². The molecule has 1 atom stereocenters. The molecule has 0 radical (unpaired) electrons. The normalized spacial score (nSPS) is 26.7. The van der Waals surface area contributed by atoms with E-state index in [0.29, 0.717) is 18.5 Å². The Balaban J connectivity index is 1.82. The lowest BCUT2D eigenvalue weighted by molar-refractivity contribution is -0.150. The first kappa shape index (κ1) is 16.3. The minimum absolute atomic E-state index is 0.0108. The van der Waals surface area contributed by atoms with Crippen molar-refractivity contribution in [2.75, 3.05) is 26.7 Å². The van der Waals surface area contributed by atoms with Gasteiger partial charge >= 0.3 is 0 Å². The number of hydrogen-bond acceptors (Lipinski definition) is 3. The summed E-state index contributed by atoms with van der Waals surface area (Å²) in [6.07, 6.45) is 4.11. The van der Waals surface area contributed by atoms with Crippen LogP contribution in [0.15, 0.2) is 0 Å². The number of amides is 2. The monoisotopic (exact) mass is 295 g/mol. The Labute approximate surface area is 128 Å². The van der Waals surface area contributed by atoms with Gasteiger partial charge in [-0.25, -0.2) is 0 Å². The maximum Gasteiger partial charge on any atom is 0.248 e. The van der Waals surface area contributed by atoms with Crippen molar-refractivity contribution in [2.45, 2.75) is 58.0 Å². The van der Waals surface area contributed by atoms with Crippen LogP contribution in [0.25, 0.3) is 0 Å². The van der Waals surface area contributed by atoms with E-state index in [1.54, 1.807) is 4.90 Å². The number of nitrogens with zero attached hydrogens (tertiary/aromatic N) is 2. The Morgan fingerprint density at radius 2 is 2.00 bits per heavy atom. The highest BCUT2D eigenvalue weighted by Gasteiger charge is 2.52. The van der Waals surface area contributed by atoms with Gasteiger partial charge in [-0.15, -0.1) is 0 Å². The molecule has 2 amide bonds. The summed E-state index contributed by atoms with van der Waals surface area (Å²) < 4.78 is 0. The second-order valence-electron chi connectivity index (χ2n) is 7.03. The number of rotatable bonds is 7. The Bertz CT molecular complexity index is 406. The molecular weight excluding hydrogens is 266 g/mol. The van der Waals surface area contributed by atoms with Crippen LogP contribution in [0.4, 0.5) is 0 Å². The molecule has 1 unspecified atom stereocenters. The highest BCUT2D eigenvalue weighted by atomic mass is 16.2. The molecule has 5 heteroatoms. The van der Waals surface area contributed by atoms with Crippen LogP contribution in [0.3, 0.4) is 0 Å². The third-order valence-corrected chi connectivity index (χ3v) is 4.93. The average Bonchev–Trinajstić information content (AvgIpc) is 3.24. The van der Waals surface area contributed by atoms with Crippen molar-refractivity contribution in [2.24, 2.45) is 5.92 Å².